The van der Waals surface area contributed by atoms with Gasteiger partial charge in [-0.25, -0.2) is 13.1 Å². The molecule has 0 radical (unpaired) electrons. The first-order chi connectivity index (χ1) is 9.64. The van der Waals surface area contributed by atoms with Crippen LogP contribution < -0.4 is 10.5 Å². The van der Waals surface area contributed by atoms with Crippen molar-refractivity contribution < 1.29 is 21.6 Å². The lowest BCUT2D eigenvalue weighted by atomic mass is 10.2. The van der Waals surface area contributed by atoms with E-state index >= 15 is 0 Å². The molecule has 21 heavy (non-hydrogen) atoms. The molecule has 118 valence electrons. The number of hydrogen-bond donors (Lipinski definition) is 3. The summed E-state index contributed by atoms with van der Waals surface area (Å²) in [4.78, 5) is -0.788. The molecule has 1 aromatic rings. The molecule has 9 heteroatoms. The Kier molecular flexibility index (Phi) is 5.73. The minimum absolute atomic E-state index is 0.0121. The van der Waals surface area contributed by atoms with Crippen LogP contribution in [0.3, 0.4) is 0 Å². The van der Waals surface area contributed by atoms with Gasteiger partial charge in [-0.15, -0.1) is 0 Å². The molecule has 0 saturated carbocycles. The molecule has 0 saturated heterocycles. The first kappa shape index (κ1) is 17.4. The summed E-state index contributed by atoms with van der Waals surface area (Å²) in [5.74, 6) is -0.0136. The van der Waals surface area contributed by atoms with Gasteiger partial charge in [-0.3, -0.25) is 5.41 Å². The van der Waals surface area contributed by atoms with E-state index in [2.05, 4.69) is 4.72 Å². The van der Waals surface area contributed by atoms with Gasteiger partial charge in [0.05, 0.1) is 16.3 Å². The van der Waals surface area contributed by atoms with Crippen LogP contribution >= 0.6 is 0 Å². The molecule has 0 unspecified atom stereocenters. The summed E-state index contributed by atoms with van der Waals surface area (Å²) in [6.07, 6.45) is -3.55. The van der Waals surface area contributed by atoms with Crippen molar-refractivity contribution >= 4 is 15.9 Å². The highest BCUT2D eigenvalue weighted by Gasteiger charge is 2.36. The number of unbranched alkanes of at least 4 members (excludes halogenated alkanes) is 1. The van der Waals surface area contributed by atoms with Gasteiger partial charge in [-0.05, 0) is 25.0 Å². The molecular formula is C12H16F3N3O2S. The number of alkyl halides is 3. The van der Waals surface area contributed by atoms with E-state index in [0.29, 0.717) is 19.3 Å². The van der Waals surface area contributed by atoms with Crippen LogP contribution in [0, 0.1) is 5.41 Å². The fraction of sp³-hybridized carbons (Fsp3) is 0.417. The van der Waals surface area contributed by atoms with Crippen LogP contribution in [0.15, 0.2) is 29.2 Å². The van der Waals surface area contributed by atoms with Crippen LogP contribution in [-0.4, -0.2) is 20.8 Å². The Hall–Kier alpha value is -1.61. The molecule has 4 N–H and O–H groups in total. The van der Waals surface area contributed by atoms with Crippen molar-refractivity contribution in [3.05, 3.63) is 29.8 Å². The van der Waals surface area contributed by atoms with Crippen molar-refractivity contribution in [1.29, 1.82) is 5.41 Å². The monoisotopic (exact) mass is 323 g/mol. The Morgan fingerprint density at radius 3 is 2.43 bits per heavy atom. The maximum Gasteiger partial charge on any atom is 0.417 e. The molecule has 0 atom stereocenters. The normalized spacial score (nSPS) is 12.3. The van der Waals surface area contributed by atoms with E-state index < -0.39 is 26.7 Å². The quantitative estimate of drug-likeness (QED) is 0.407. The fourth-order valence-corrected chi connectivity index (χ4v) is 2.96. The lowest BCUT2D eigenvalue weighted by molar-refractivity contribution is -0.139. The van der Waals surface area contributed by atoms with Crippen molar-refractivity contribution in [3.63, 3.8) is 0 Å². The van der Waals surface area contributed by atoms with Gasteiger partial charge in [-0.2, -0.15) is 13.2 Å². The van der Waals surface area contributed by atoms with Crippen molar-refractivity contribution in [2.45, 2.75) is 30.3 Å². The lowest BCUT2D eigenvalue weighted by Crippen LogP contribution is -2.27. The van der Waals surface area contributed by atoms with Gasteiger partial charge in [-0.1, -0.05) is 12.1 Å². The summed E-state index contributed by atoms with van der Waals surface area (Å²) in [6.45, 7) is -0.0121. The van der Waals surface area contributed by atoms with E-state index in [9.17, 15) is 21.6 Å². The summed E-state index contributed by atoms with van der Waals surface area (Å²) in [5.41, 5.74) is 3.95. The largest absolute Gasteiger partial charge is 0.417 e. The average molecular weight is 323 g/mol. The van der Waals surface area contributed by atoms with Crippen LogP contribution in [0.2, 0.25) is 0 Å². The Labute approximate surface area is 120 Å². The molecule has 1 rings (SSSR count). The third kappa shape index (κ3) is 5.35. The molecular weight excluding hydrogens is 307 g/mol. The fourth-order valence-electron chi connectivity index (χ4n) is 1.66. The Morgan fingerprint density at radius 1 is 1.24 bits per heavy atom. The van der Waals surface area contributed by atoms with Crippen molar-refractivity contribution in [3.8, 4) is 0 Å². The van der Waals surface area contributed by atoms with Gasteiger partial charge in [0.15, 0.2) is 0 Å². The van der Waals surface area contributed by atoms with Gasteiger partial charge >= 0.3 is 6.18 Å². The number of sulfonamides is 1. The second-order valence-corrected chi connectivity index (χ2v) is 6.11. The summed E-state index contributed by atoms with van der Waals surface area (Å²) in [5, 5.41) is 7.00. The molecule has 0 heterocycles. The van der Waals surface area contributed by atoms with Gasteiger partial charge in [0, 0.05) is 13.0 Å². The summed E-state index contributed by atoms with van der Waals surface area (Å²) in [6, 6.07) is 4.01. The molecule has 0 aromatic heterocycles. The van der Waals surface area contributed by atoms with Gasteiger partial charge in [0.1, 0.15) is 0 Å². The second kappa shape index (κ2) is 6.90. The number of nitrogens with two attached hydrogens (primary N) is 1. The Morgan fingerprint density at radius 2 is 1.86 bits per heavy atom. The topological polar surface area (TPSA) is 96.0 Å². The van der Waals surface area contributed by atoms with E-state index in [-0.39, 0.29) is 12.4 Å². The highest BCUT2D eigenvalue weighted by Crippen LogP contribution is 2.33. The smallest absolute Gasteiger partial charge is 0.388 e. The Bertz CT molecular complexity index is 600. The predicted molar refractivity (Wildman–Crippen MR) is 72.4 cm³/mol. The standard InChI is InChI=1S/C12H16F3N3O2S/c13-12(14,15)9-5-1-2-6-10(9)21(19,20)18-8-4-3-7-11(16)17/h1-2,5-6,18H,3-4,7-8H2,(H3,16,17). The van der Waals surface area contributed by atoms with Crippen molar-refractivity contribution in [1.82, 2.24) is 4.72 Å². The maximum absolute atomic E-state index is 12.8. The lowest BCUT2D eigenvalue weighted by Gasteiger charge is -2.13. The highest BCUT2D eigenvalue weighted by atomic mass is 32.2. The first-order valence-electron chi connectivity index (χ1n) is 6.13. The van der Waals surface area contributed by atoms with Gasteiger partial charge in [0.2, 0.25) is 10.0 Å². The summed E-state index contributed by atoms with van der Waals surface area (Å²) in [7, 11) is -4.23. The zero-order valence-electron chi connectivity index (χ0n) is 11.1. The zero-order valence-corrected chi connectivity index (χ0v) is 11.9. The van der Waals surface area contributed by atoms with Gasteiger partial charge < -0.3 is 5.73 Å². The minimum Gasteiger partial charge on any atom is -0.388 e. The number of nitrogens with one attached hydrogen (secondary N) is 2. The van der Waals surface area contributed by atoms with E-state index in [0.717, 1.165) is 18.2 Å². The predicted octanol–water partition coefficient (Wildman–Crippen LogP) is 2.09. The molecule has 5 nitrogen and oxygen atoms in total. The number of benzene rings is 1. The molecule has 0 spiro atoms. The molecule has 0 amide bonds. The second-order valence-electron chi connectivity index (χ2n) is 4.37. The molecule has 0 aliphatic heterocycles. The zero-order chi connectivity index (χ0) is 16.1. The number of hydrogen-bond acceptors (Lipinski definition) is 3. The summed E-state index contributed by atoms with van der Waals surface area (Å²) >= 11 is 0. The van der Waals surface area contributed by atoms with E-state index in [1.165, 1.54) is 6.07 Å². The molecule has 0 fully saturated rings. The van der Waals surface area contributed by atoms with Crippen LogP contribution in [0.5, 0.6) is 0 Å². The average Bonchev–Trinajstić information content (AvgIpc) is 2.37. The highest BCUT2D eigenvalue weighted by molar-refractivity contribution is 7.89. The summed E-state index contributed by atoms with van der Waals surface area (Å²) < 4.78 is 64.3. The third-order valence-corrected chi connectivity index (χ3v) is 4.17. The van der Waals surface area contributed by atoms with Crippen LogP contribution in [0.1, 0.15) is 24.8 Å². The van der Waals surface area contributed by atoms with E-state index in [1.807, 2.05) is 0 Å². The molecule has 0 aliphatic carbocycles. The van der Waals surface area contributed by atoms with E-state index in [4.69, 9.17) is 11.1 Å². The van der Waals surface area contributed by atoms with Crippen LogP contribution in [0.25, 0.3) is 0 Å². The van der Waals surface area contributed by atoms with Gasteiger partial charge in [0.25, 0.3) is 0 Å². The van der Waals surface area contributed by atoms with E-state index in [1.54, 1.807) is 0 Å². The first-order valence-corrected chi connectivity index (χ1v) is 7.61. The molecule has 1 aromatic carbocycles. The number of amidine groups is 1. The SMILES string of the molecule is N=C(N)CCCCNS(=O)(=O)c1ccccc1C(F)(F)F. The minimum atomic E-state index is -4.74. The number of rotatable bonds is 7. The number of halogens is 3. The maximum atomic E-state index is 12.8. The van der Waals surface area contributed by atoms with Crippen LogP contribution in [-0.2, 0) is 16.2 Å². The molecule has 0 aliphatic rings. The molecule has 0 bridgehead atoms. The third-order valence-electron chi connectivity index (χ3n) is 2.65. The van der Waals surface area contributed by atoms with Crippen LogP contribution in [0.4, 0.5) is 13.2 Å². The van der Waals surface area contributed by atoms with Crippen molar-refractivity contribution in [2.75, 3.05) is 6.54 Å². The Balaban J connectivity index is 2.78. The van der Waals surface area contributed by atoms with Crippen molar-refractivity contribution in [2.24, 2.45) is 5.73 Å².